The molecule has 3 rings (SSSR count). The SMILES string of the molecule is CCCCc1cc(F)c(C#Cc2ccc(N=Nc3ccc(OC)cc3)cc2)c(F)c1. The molecule has 3 aromatic rings. The quantitative estimate of drug-likeness (QED) is 0.318. The van der Waals surface area contributed by atoms with E-state index in [1.807, 2.05) is 19.1 Å². The van der Waals surface area contributed by atoms with Crippen molar-refractivity contribution < 1.29 is 13.5 Å². The fourth-order valence-corrected chi connectivity index (χ4v) is 2.78. The number of benzene rings is 3. The fourth-order valence-electron chi connectivity index (χ4n) is 2.78. The van der Waals surface area contributed by atoms with E-state index in [1.165, 1.54) is 12.1 Å². The number of aryl methyl sites for hydroxylation is 1. The van der Waals surface area contributed by atoms with Crippen LogP contribution < -0.4 is 4.74 Å². The Morgan fingerprint density at radius 1 is 0.833 bits per heavy atom. The molecule has 0 bridgehead atoms. The van der Waals surface area contributed by atoms with E-state index in [-0.39, 0.29) is 5.56 Å². The van der Waals surface area contributed by atoms with Gasteiger partial charge in [0.25, 0.3) is 0 Å². The van der Waals surface area contributed by atoms with Crippen LogP contribution in [0.25, 0.3) is 0 Å². The summed E-state index contributed by atoms with van der Waals surface area (Å²) in [5.74, 6) is 4.90. The first-order valence-electron chi connectivity index (χ1n) is 9.75. The molecule has 0 spiro atoms. The van der Waals surface area contributed by atoms with Gasteiger partial charge in [-0.25, -0.2) is 8.78 Å². The van der Waals surface area contributed by atoms with Crippen molar-refractivity contribution >= 4 is 11.4 Å². The highest BCUT2D eigenvalue weighted by molar-refractivity contribution is 5.49. The molecule has 0 fully saturated rings. The predicted molar refractivity (Wildman–Crippen MR) is 115 cm³/mol. The zero-order valence-electron chi connectivity index (χ0n) is 17.0. The maximum absolute atomic E-state index is 14.2. The summed E-state index contributed by atoms with van der Waals surface area (Å²) in [6.07, 6.45) is 2.52. The number of ether oxygens (including phenoxy) is 1. The normalized spacial score (nSPS) is 10.7. The highest BCUT2D eigenvalue weighted by Crippen LogP contribution is 2.21. The molecule has 0 saturated heterocycles. The summed E-state index contributed by atoms with van der Waals surface area (Å²) in [7, 11) is 1.60. The van der Waals surface area contributed by atoms with E-state index in [2.05, 4.69) is 22.1 Å². The summed E-state index contributed by atoms with van der Waals surface area (Å²) >= 11 is 0. The lowest BCUT2D eigenvalue weighted by Crippen LogP contribution is -1.95. The number of hydrogen-bond donors (Lipinski definition) is 0. The van der Waals surface area contributed by atoms with E-state index in [0.717, 1.165) is 18.6 Å². The molecular formula is C25H22F2N2O. The Kier molecular flexibility index (Phi) is 7.29. The molecule has 0 atom stereocenters. The van der Waals surface area contributed by atoms with E-state index < -0.39 is 11.6 Å². The molecule has 0 aromatic heterocycles. The summed E-state index contributed by atoms with van der Waals surface area (Å²) in [6, 6.07) is 16.9. The Hall–Kier alpha value is -3.52. The fraction of sp³-hybridized carbons (Fsp3) is 0.200. The van der Waals surface area contributed by atoms with Crippen LogP contribution in [0.4, 0.5) is 20.2 Å². The zero-order chi connectivity index (χ0) is 21.3. The highest BCUT2D eigenvalue weighted by Gasteiger charge is 2.09. The number of methoxy groups -OCH3 is 1. The predicted octanol–water partition coefficient (Wildman–Crippen LogP) is 7.13. The van der Waals surface area contributed by atoms with E-state index in [0.29, 0.717) is 28.9 Å². The van der Waals surface area contributed by atoms with Crippen molar-refractivity contribution in [1.29, 1.82) is 0 Å². The summed E-state index contributed by atoms with van der Waals surface area (Å²) in [5.41, 5.74) is 2.43. The Morgan fingerprint density at radius 3 is 1.93 bits per heavy atom. The van der Waals surface area contributed by atoms with Crippen molar-refractivity contribution in [3.8, 4) is 17.6 Å². The van der Waals surface area contributed by atoms with Gasteiger partial charge in [0, 0.05) is 5.56 Å². The molecule has 3 nitrogen and oxygen atoms in total. The number of hydrogen-bond acceptors (Lipinski definition) is 3. The molecule has 0 unspecified atom stereocenters. The highest BCUT2D eigenvalue weighted by atomic mass is 19.1. The van der Waals surface area contributed by atoms with Crippen LogP contribution in [0.2, 0.25) is 0 Å². The Bertz CT molecular complexity index is 1060. The van der Waals surface area contributed by atoms with E-state index >= 15 is 0 Å². The summed E-state index contributed by atoms with van der Waals surface area (Å²) < 4.78 is 33.6. The number of rotatable bonds is 6. The van der Waals surface area contributed by atoms with Gasteiger partial charge in [-0.05, 0) is 79.1 Å². The van der Waals surface area contributed by atoms with E-state index in [9.17, 15) is 8.78 Å². The molecule has 152 valence electrons. The van der Waals surface area contributed by atoms with Crippen molar-refractivity contribution in [2.24, 2.45) is 10.2 Å². The molecule has 5 heteroatoms. The number of halogens is 2. The van der Waals surface area contributed by atoms with Gasteiger partial charge >= 0.3 is 0 Å². The summed E-state index contributed by atoms with van der Waals surface area (Å²) in [4.78, 5) is 0. The van der Waals surface area contributed by atoms with Gasteiger partial charge in [0.1, 0.15) is 17.4 Å². The van der Waals surface area contributed by atoms with Crippen LogP contribution in [0.1, 0.15) is 36.5 Å². The Balaban J connectivity index is 1.70. The van der Waals surface area contributed by atoms with Crippen LogP contribution in [-0.4, -0.2) is 7.11 Å². The van der Waals surface area contributed by atoms with Crippen LogP contribution in [-0.2, 0) is 6.42 Å². The third kappa shape index (κ3) is 5.74. The van der Waals surface area contributed by atoms with Crippen molar-refractivity contribution in [1.82, 2.24) is 0 Å². The van der Waals surface area contributed by atoms with Gasteiger partial charge in [-0.3, -0.25) is 0 Å². The van der Waals surface area contributed by atoms with Crippen molar-refractivity contribution in [3.63, 3.8) is 0 Å². The van der Waals surface area contributed by atoms with E-state index in [4.69, 9.17) is 4.74 Å². The number of azo groups is 1. The van der Waals surface area contributed by atoms with Crippen molar-refractivity contribution in [3.05, 3.63) is 89.0 Å². The number of unbranched alkanes of at least 4 members (excludes halogenated alkanes) is 1. The van der Waals surface area contributed by atoms with Gasteiger partial charge in [0.05, 0.1) is 24.0 Å². The molecule has 0 heterocycles. The van der Waals surface area contributed by atoms with Crippen LogP contribution in [0.15, 0.2) is 70.9 Å². The molecule has 0 amide bonds. The minimum absolute atomic E-state index is 0.210. The Labute approximate surface area is 175 Å². The first kappa shape index (κ1) is 21.2. The summed E-state index contributed by atoms with van der Waals surface area (Å²) in [6.45, 7) is 2.04. The lowest BCUT2D eigenvalue weighted by atomic mass is 10.0. The molecule has 3 aromatic carbocycles. The minimum atomic E-state index is -0.626. The maximum atomic E-state index is 14.2. The standard InChI is InChI=1S/C25H22F2N2O/c1-3-4-5-19-16-24(26)23(25(27)17-19)15-8-18-6-9-20(10-7-18)28-29-21-11-13-22(30-2)14-12-21/h6-7,9-14,16-17H,3-5H2,1-2H3. The average molecular weight is 404 g/mol. The van der Waals surface area contributed by atoms with Crippen molar-refractivity contribution in [2.75, 3.05) is 7.11 Å². The summed E-state index contributed by atoms with van der Waals surface area (Å²) in [5, 5.41) is 8.33. The lowest BCUT2D eigenvalue weighted by Gasteiger charge is -2.03. The Morgan fingerprint density at radius 2 is 1.40 bits per heavy atom. The third-order valence-electron chi connectivity index (χ3n) is 4.47. The smallest absolute Gasteiger partial charge is 0.142 e. The molecule has 0 radical (unpaired) electrons. The van der Waals surface area contributed by atoms with E-state index in [1.54, 1.807) is 43.5 Å². The second-order valence-electron chi connectivity index (χ2n) is 6.73. The van der Waals surface area contributed by atoms with Gasteiger partial charge in [-0.1, -0.05) is 25.2 Å². The molecule has 30 heavy (non-hydrogen) atoms. The molecule has 0 aliphatic heterocycles. The average Bonchev–Trinajstić information content (AvgIpc) is 2.77. The van der Waals surface area contributed by atoms with Gasteiger partial charge in [0.2, 0.25) is 0 Å². The van der Waals surface area contributed by atoms with Gasteiger partial charge in [-0.2, -0.15) is 10.2 Å². The van der Waals surface area contributed by atoms with Crippen LogP contribution in [0.5, 0.6) is 5.75 Å². The zero-order valence-corrected chi connectivity index (χ0v) is 17.0. The van der Waals surface area contributed by atoms with Crippen molar-refractivity contribution in [2.45, 2.75) is 26.2 Å². The largest absolute Gasteiger partial charge is 0.497 e. The topological polar surface area (TPSA) is 34.0 Å². The second-order valence-corrected chi connectivity index (χ2v) is 6.73. The first-order chi connectivity index (χ1) is 14.6. The number of nitrogens with zero attached hydrogens (tertiary/aromatic N) is 2. The molecule has 0 aliphatic carbocycles. The monoisotopic (exact) mass is 404 g/mol. The van der Waals surface area contributed by atoms with Gasteiger partial charge in [-0.15, -0.1) is 0 Å². The lowest BCUT2D eigenvalue weighted by molar-refractivity contribution is 0.415. The minimum Gasteiger partial charge on any atom is -0.497 e. The van der Waals surface area contributed by atoms with Crippen LogP contribution in [0, 0.1) is 23.5 Å². The first-order valence-corrected chi connectivity index (χ1v) is 9.75. The molecule has 0 aliphatic rings. The second kappa shape index (κ2) is 10.3. The molecule has 0 saturated carbocycles. The van der Waals surface area contributed by atoms with Crippen LogP contribution >= 0.6 is 0 Å². The maximum Gasteiger partial charge on any atom is 0.142 e. The van der Waals surface area contributed by atoms with Crippen LogP contribution in [0.3, 0.4) is 0 Å². The molecular weight excluding hydrogens is 382 g/mol. The third-order valence-corrected chi connectivity index (χ3v) is 4.47. The van der Waals surface area contributed by atoms with Gasteiger partial charge in [0.15, 0.2) is 0 Å². The van der Waals surface area contributed by atoms with Gasteiger partial charge < -0.3 is 4.74 Å². The molecule has 0 N–H and O–H groups in total.